The van der Waals surface area contributed by atoms with E-state index >= 15 is 0 Å². The highest BCUT2D eigenvalue weighted by atomic mass is 32.2. The van der Waals surface area contributed by atoms with Gasteiger partial charge in [-0.15, -0.1) is 0 Å². The van der Waals surface area contributed by atoms with Gasteiger partial charge in [-0.1, -0.05) is 24.3 Å². The van der Waals surface area contributed by atoms with E-state index in [0.717, 1.165) is 10.4 Å². The zero-order valence-electron chi connectivity index (χ0n) is 16.5. The van der Waals surface area contributed by atoms with Crippen molar-refractivity contribution in [3.63, 3.8) is 0 Å². The van der Waals surface area contributed by atoms with Gasteiger partial charge in [0.2, 0.25) is 10.0 Å². The third kappa shape index (κ3) is 5.07. The molecule has 3 aromatic rings. The summed E-state index contributed by atoms with van der Waals surface area (Å²) in [6, 6.07) is 14.9. The van der Waals surface area contributed by atoms with Gasteiger partial charge in [-0.2, -0.15) is 4.31 Å². The lowest BCUT2D eigenvalue weighted by atomic mass is 10.2. The summed E-state index contributed by atoms with van der Waals surface area (Å²) >= 11 is 0. The molecule has 0 bridgehead atoms. The van der Waals surface area contributed by atoms with Crippen LogP contribution < -0.4 is 4.74 Å². The number of rotatable bonds is 8. The Hall–Kier alpha value is -3.30. The number of carboxylic acids is 1. The van der Waals surface area contributed by atoms with Gasteiger partial charge in [-0.3, -0.25) is 0 Å². The lowest BCUT2D eigenvalue weighted by Crippen LogP contribution is -2.30. The first-order valence-corrected chi connectivity index (χ1v) is 10.6. The molecule has 0 aliphatic rings. The molecule has 1 N–H and O–H groups in total. The lowest BCUT2D eigenvalue weighted by molar-refractivity contribution is 0.0696. The lowest BCUT2D eigenvalue weighted by Gasteiger charge is -2.23. The number of nitrogens with zero attached hydrogens (tertiary/aromatic N) is 1. The molecule has 0 amide bonds. The largest absolute Gasteiger partial charge is 0.497 e. The van der Waals surface area contributed by atoms with Gasteiger partial charge < -0.3 is 9.84 Å². The van der Waals surface area contributed by atoms with Crippen LogP contribution in [-0.4, -0.2) is 30.9 Å². The molecular formula is C22H19F2NO5S. The zero-order chi connectivity index (χ0) is 22.6. The van der Waals surface area contributed by atoms with E-state index in [-0.39, 0.29) is 22.6 Å². The summed E-state index contributed by atoms with van der Waals surface area (Å²) in [5.41, 5.74) is 0.366. The Morgan fingerprint density at radius 1 is 1.00 bits per heavy atom. The first kappa shape index (κ1) is 22.4. The van der Waals surface area contributed by atoms with E-state index in [9.17, 15) is 22.0 Å². The number of aromatic carboxylic acids is 1. The number of benzene rings is 3. The maximum absolute atomic E-state index is 14.3. The van der Waals surface area contributed by atoms with Crippen molar-refractivity contribution in [3.8, 4) is 5.75 Å². The molecule has 6 nitrogen and oxygen atoms in total. The topological polar surface area (TPSA) is 83.9 Å². The quantitative estimate of drug-likeness (QED) is 0.563. The monoisotopic (exact) mass is 447 g/mol. The molecule has 0 atom stereocenters. The van der Waals surface area contributed by atoms with Crippen molar-refractivity contribution in [2.24, 2.45) is 0 Å². The van der Waals surface area contributed by atoms with Gasteiger partial charge in [-0.25, -0.2) is 22.0 Å². The van der Waals surface area contributed by atoms with Crippen LogP contribution in [-0.2, 0) is 23.1 Å². The van der Waals surface area contributed by atoms with Crippen LogP contribution >= 0.6 is 0 Å². The molecule has 0 aliphatic heterocycles. The standard InChI is InChI=1S/C22H19F2NO5S/c1-30-18-6-2-4-15(12-18)13-25(14-17-5-3-7-20(23)21(17)24)31(28,29)19-10-8-16(9-11-19)22(26)27/h2-12H,13-14H2,1H3,(H,26,27). The zero-order valence-corrected chi connectivity index (χ0v) is 17.3. The minimum Gasteiger partial charge on any atom is -0.497 e. The van der Waals surface area contributed by atoms with Crippen LogP contribution in [0.5, 0.6) is 5.75 Å². The normalized spacial score (nSPS) is 11.5. The van der Waals surface area contributed by atoms with E-state index in [4.69, 9.17) is 9.84 Å². The highest BCUT2D eigenvalue weighted by Crippen LogP contribution is 2.24. The van der Waals surface area contributed by atoms with Gasteiger partial charge >= 0.3 is 5.97 Å². The van der Waals surface area contributed by atoms with Gasteiger partial charge in [0, 0.05) is 18.7 Å². The van der Waals surface area contributed by atoms with E-state index in [2.05, 4.69) is 0 Å². The van der Waals surface area contributed by atoms with Crippen LogP contribution in [0, 0.1) is 11.6 Å². The van der Waals surface area contributed by atoms with Gasteiger partial charge in [0.25, 0.3) is 0 Å². The molecule has 0 aromatic heterocycles. The minimum absolute atomic E-state index is 0.0746. The summed E-state index contributed by atoms with van der Waals surface area (Å²) in [7, 11) is -2.71. The van der Waals surface area contributed by atoms with Crippen molar-refractivity contribution in [1.29, 1.82) is 0 Å². The molecule has 0 saturated carbocycles. The molecule has 0 saturated heterocycles. The number of hydrogen-bond acceptors (Lipinski definition) is 4. The fourth-order valence-electron chi connectivity index (χ4n) is 2.98. The van der Waals surface area contributed by atoms with Crippen LogP contribution in [0.15, 0.2) is 71.6 Å². The smallest absolute Gasteiger partial charge is 0.335 e. The molecule has 0 aliphatic carbocycles. The average molecular weight is 447 g/mol. The van der Waals surface area contributed by atoms with Gasteiger partial charge in [0.1, 0.15) is 5.75 Å². The van der Waals surface area contributed by atoms with Crippen LogP contribution in [0.3, 0.4) is 0 Å². The fourth-order valence-corrected chi connectivity index (χ4v) is 4.39. The van der Waals surface area contributed by atoms with Crippen molar-refractivity contribution in [2.45, 2.75) is 18.0 Å². The van der Waals surface area contributed by atoms with E-state index < -0.39 is 34.2 Å². The Balaban J connectivity index is 2.02. The van der Waals surface area contributed by atoms with Crippen molar-refractivity contribution >= 4 is 16.0 Å². The molecular weight excluding hydrogens is 428 g/mol. The van der Waals surface area contributed by atoms with E-state index in [1.807, 2.05) is 0 Å². The van der Waals surface area contributed by atoms with E-state index in [1.165, 1.54) is 43.5 Å². The number of carboxylic acid groups (broad SMARTS) is 1. The molecule has 0 spiro atoms. The summed E-state index contributed by atoms with van der Waals surface area (Å²) in [6.45, 7) is -0.569. The summed E-state index contributed by atoms with van der Waals surface area (Å²) in [4.78, 5) is 10.9. The molecule has 0 radical (unpaired) electrons. The molecule has 31 heavy (non-hydrogen) atoms. The molecule has 0 heterocycles. The molecule has 162 valence electrons. The molecule has 3 aromatic carbocycles. The van der Waals surface area contributed by atoms with Crippen LogP contribution in [0.25, 0.3) is 0 Å². The summed E-state index contributed by atoms with van der Waals surface area (Å²) in [5, 5.41) is 9.03. The van der Waals surface area contributed by atoms with Crippen LogP contribution in [0.1, 0.15) is 21.5 Å². The van der Waals surface area contributed by atoms with Crippen molar-refractivity contribution in [3.05, 3.63) is 95.1 Å². The fraction of sp³-hybridized carbons (Fsp3) is 0.136. The number of ether oxygens (including phenoxy) is 1. The summed E-state index contributed by atoms with van der Waals surface area (Å²) in [5.74, 6) is -2.90. The van der Waals surface area contributed by atoms with Gasteiger partial charge in [0.15, 0.2) is 11.6 Å². The van der Waals surface area contributed by atoms with Crippen LogP contribution in [0.4, 0.5) is 8.78 Å². The van der Waals surface area contributed by atoms with Crippen LogP contribution in [0.2, 0.25) is 0 Å². The minimum atomic E-state index is -4.18. The predicted molar refractivity (Wildman–Crippen MR) is 109 cm³/mol. The number of carbonyl (C=O) groups is 1. The third-order valence-corrected chi connectivity index (χ3v) is 6.42. The maximum atomic E-state index is 14.3. The molecule has 0 unspecified atom stereocenters. The highest BCUT2D eigenvalue weighted by Gasteiger charge is 2.27. The molecule has 9 heteroatoms. The summed E-state index contributed by atoms with van der Waals surface area (Å²) < 4.78 is 60.7. The maximum Gasteiger partial charge on any atom is 0.335 e. The second kappa shape index (κ2) is 9.23. The number of sulfonamides is 1. The second-order valence-corrected chi connectivity index (χ2v) is 8.61. The Bertz CT molecular complexity index is 1200. The van der Waals surface area contributed by atoms with E-state index in [1.54, 1.807) is 24.3 Å². The average Bonchev–Trinajstić information content (AvgIpc) is 2.76. The van der Waals surface area contributed by atoms with E-state index in [0.29, 0.717) is 11.3 Å². The number of hydrogen-bond donors (Lipinski definition) is 1. The SMILES string of the molecule is COc1cccc(CN(Cc2cccc(F)c2F)S(=O)(=O)c2ccc(C(=O)O)cc2)c1. The number of halogens is 2. The van der Waals surface area contributed by atoms with Gasteiger partial charge in [-0.05, 0) is 48.0 Å². The van der Waals surface area contributed by atoms with Crippen molar-refractivity contribution < 1.29 is 31.8 Å². The third-order valence-electron chi connectivity index (χ3n) is 4.61. The second-order valence-electron chi connectivity index (χ2n) is 6.67. The summed E-state index contributed by atoms with van der Waals surface area (Å²) in [6.07, 6.45) is 0. The Morgan fingerprint density at radius 2 is 1.68 bits per heavy atom. The Kier molecular flexibility index (Phi) is 6.67. The van der Waals surface area contributed by atoms with Gasteiger partial charge in [0.05, 0.1) is 17.6 Å². The first-order chi connectivity index (χ1) is 14.7. The highest BCUT2D eigenvalue weighted by molar-refractivity contribution is 7.89. The van der Waals surface area contributed by atoms with Crippen molar-refractivity contribution in [1.82, 2.24) is 4.31 Å². The molecule has 0 fully saturated rings. The first-order valence-electron chi connectivity index (χ1n) is 9.11. The Labute approximate surface area is 178 Å². The molecule has 3 rings (SSSR count). The van der Waals surface area contributed by atoms with Crippen molar-refractivity contribution in [2.75, 3.05) is 7.11 Å². The predicted octanol–water partition coefficient (Wildman–Crippen LogP) is 4.06. The Morgan fingerprint density at radius 3 is 2.32 bits per heavy atom. The number of methoxy groups -OCH3 is 1.